The molecule has 3 heteroatoms. The minimum Gasteiger partial charge on any atom is -0.391 e. The molecule has 8 heavy (non-hydrogen) atoms. The second kappa shape index (κ2) is 2.33. The van der Waals surface area contributed by atoms with Crippen molar-refractivity contribution in [3.05, 3.63) is 17.0 Å². The molecule has 1 rings (SSSR count). The van der Waals surface area contributed by atoms with Gasteiger partial charge in [-0.25, -0.2) is 0 Å². The second-order valence-corrected chi connectivity index (χ2v) is 2.66. The van der Waals surface area contributed by atoms with Crippen LogP contribution in [0.1, 0.15) is 4.88 Å². The summed E-state index contributed by atoms with van der Waals surface area (Å²) in [6, 6.07) is 3.61. The molecule has 1 N–H and O–H groups in total. The van der Waals surface area contributed by atoms with E-state index in [1.165, 1.54) is 11.3 Å². The maximum Gasteiger partial charge on any atom is 0.128 e. The van der Waals surface area contributed by atoms with Crippen LogP contribution in [-0.4, -0.2) is 13.0 Å². The summed E-state index contributed by atoms with van der Waals surface area (Å²) in [5, 5.41) is 8.51. The van der Waals surface area contributed by atoms with Crippen molar-refractivity contribution in [2.75, 3.05) is 0 Å². The van der Waals surface area contributed by atoms with Gasteiger partial charge in [0.2, 0.25) is 0 Å². The highest BCUT2D eigenvalue weighted by Crippen LogP contribution is 2.03. The van der Waals surface area contributed by atoms with E-state index < -0.39 is 0 Å². The molecule has 40 valence electrons. The SMILES string of the molecule is [B]c1ccc(CO)s1. The highest BCUT2D eigenvalue weighted by atomic mass is 32.1. The van der Waals surface area contributed by atoms with Crippen molar-refractivity contribution in [3.63, 3.8) is 0 Å². The molecule has 0 aliphatic carbocycles. The highest BCUT2D eigenvalue weighted by molar-refractivity contribution is 7.20. The minimum absolute atomic E-state index is 0.0991. The van der Waals surface area contributed by atoms with Gasteiger partial charge < -0.3 is 5.11 Å². The molecule has 1 nitrogen and oxygen atoms in total. The lowest BCUT2D eigenvalue weighted by Gasteiger charge is -1.80. The molecule has 0 saturated heterocycles. The van der Waals surface area contributed by atoms with E-state index in [1.54, 1.807) is 6.07 Å². The quantitative estimate of drug-likeness (QED) is 0.524. The van der Waals surface area contributed by atoms with Crippen LogP contribution in [0, 0.1) is 0 Å². The average molecular weight is 124 g/mol. The predicted octanol–water partition coefficient (Wildman–Crippen LogP) is 0.0342. The normalized spacial score (nSPS) is 9.62. The van der Waals surface area contributed by atoms with Gasteiger partial charge in [-0.05, 0) is 10.8 Å². The molecule has 1 heterocycles. The van der Waals surface area contributed by atoms with E-state index in [0.29, 0.717) is 0 Å². The summed E-state index contributed by atoms with van der Waals surface area (Å²) in [5.74, 6) is 0. The van der Waals surface area contributed by atoms with Gasteiger partial charge in [0, 0.05) is 4.88 Å². The van der Waals surface area contributed by atoms with Crippen molar-refractivity contribution in [1.29, 1.82) is 0 Å². The summed E-state index contributed by atoms with van der Waals surface area (Å²) in [6.45, 7) is 0.0991. The van der Waals surface area contributed by atoms with Crippen molar-refractivity contribution in [2.45, 2.75) is 6.61 Å². The van der Waals surface area contributed by atoms with E-state index in [2.05, 4.69) is 0 Å². The third-order valence-electron chi connectivity index (χ3n) is 0.838. The van der Waals surface area contributed by atoms with Crippen LogP contribution in [0.3, 0.4) is 0 Å². The van der Waals surface area contributed by atoms with Gasteiger partial charge in [-0.1, -0.05) is 6.07 Å². The Morgan fingerprint density at radius 2 is 2.38 bits per heavy atom. The zero-order chi connectivity index (χ0) is 5.98. The lowest BCUT2D eigenvalue weighted by molar-refractivity contribution is 0.285. The van der Waals surface area contributed by atoms with Gasteiger partial charge >= 0.3 is 0 Å². The minimum atomic E-state index is 0.0991. The third kappa shape index (κ3) is 1.11. The maximum absolute atomic E-state index is 8.51. The predicted molar refractivity (Wildman–Crippen MR) is 35.6 cm³/mol. The molecule has 0 aromatic carbocycles. The molecule has 0 amide bonds. The Balaban J connectivity index is 2.84. The van der Waals surface area contributed by atoms with Gasteiger partial charge in [-0.15, -0.1) is 0 Å². The van der Waals surface area contributed by atoms with Crippen molar-refractivity contribution in [2.24, 2.45) is 0 Å². The van der Waals surface area contributed by atoms with Crippen LogP contribution in [0.2, 0.25) is 0 Å². The topological polar surface area (TPSA) is 20.2 Å². The summed E-state index contributed by atoms with van der Waals surface area (Å²) in [5.41, 5.74) is 0. The Morgan fingerprint density at radius 3 is 2.62 bits per heavy atom. The van der Waals surface area contributed by atoms with Gasteiger partial charge in [0.1, 0.15) is 7.85 Å². The first kappa shape index (κ1) is 5.85. The molecule has 1 aromatic rings. The molecular weight excluding hydrogens is 119 g/mol. The maximum atomic E-state index is 8.51. The molecule has 0 spiro atoms. The lowest BCUT2D eigenvalue weighted by atomic mass is 10.1. The van der Waals surface area contributed by atoms with Gasteiger partial charge in [0.25, 0.3) is 0 Å². The smallest absolute Gasteiger partial charge is 0.128 e. The number of thiophene rings is 1. The molecule has 0 bridgehead atoms. The molecule has 0 fully saturated rings. The second-order valence-electron chi connectivity index (χ2n) is 1.46. The summed E-state index contributed by atoms with van der Waals surface area (Å²) in [4.78, 5) is 0.919. The molecule has 0 unspecified atom stereocenters. The Labute approximate surface area is 53.4 Å². The number of hydrogen-bond donors (Lipinski definition) is 1. The molecule has 2 radical (unpaired) electrons. The fourth-order valence-electron chi connectivity index (χ4n) is 0.479. The van der Waals surface area contributed by atoms with Gasteiger partial charge in [0.15, 0.2) is 0 Å². The van der Waals surface area contributed by atoms with Gasteiger partial charge in [0.05, 0.1) is 6.61 Å². The molecule has 0 aliphatic heterocycles. The Morgan fingerprint density at radius 1 is 1.62 bits per heavy atom. The fraction of sp³-hybridized carbons (Fsp3) is 0.200. The Bertz CT molecular complexity index is 173. The Kier molecular flexibility index (Phi) is 1.71. The number of aliphatic hydroxyl groups is 1. The van der Waals surface area contributed by atoms with Crippen LogP contribution < -0.4 is 4.78 Å². The van der Waals surface area contributed by atoms with Crippen molar-refractivity contribution < 1.29 is 5.11 Å². The number of rotatable bonds is 1. The van der Waals surface area contributed by atoms with Crippen LogP contribution in [0.15, 0.2) is 12.1 Å². The van der Waals surface area contributed by atoms with Crippen LogP contribution in [0.4, 0.5) is 0 Å². The van der Waals surface area contributed by atoms with E-state index in [9.17, 15) is 0 Å². The fourth-order valence-corrected chi connectivity index (χ4v) is 1.12. The third-order valence-corrected chi connectivity index (χ3v) is 1.74. The van der Waals surface area contributed by atoms with E-state index in [4.69, 9.17) is 13.0 Å². The molecule has 0 atom stereocenters. The van der Waals surface area contributed by atoms with Gasteiger partial charge in [-0.3, -0.25) is 0 Å². The number of aliphatic hydroxyl groups excluding tert-OH is 1. The van der Waals surface area contributed by atoms with Crippen molar-refractivity contribution in [3.8, 4) is 0 Å². The van der Waals surface area contributed by atoms with Gasteiger partial charge in [-0.2, -0.15) is 11.3 Å². The summed E-state index contributed by atoms with van der Waals surface area (Å²) in [6.07, 6.45) is 0. The van der Waals surface area contributed by atoms with E-state index in [1.807, 2.05) is 6.07 Å². The largest absolute Gasteiger partial charge is 0.391 e. The average Bonchev–Trinajstić information content (AvgIpc) is 2.14. The molecule has 1 aromatic heterocycles. The first-order valence-corrected chi connectivity index (χ1v) is 3.09. The van der Waals surface area contributed by atoms with Crippen LogP contribution in [0.25, 0.3) is 0 Å². The van der Waals surface area contributed by atoms with Crippen molar-refractivity contribution >= 4 is 24.0 Å². The molecule has 0 saturated carbocycles. The summed E-state index contributed by atoms with van der Waals surface area (Å²) in [7, 11) is 5.36. The van der Waals surface area contributed by atoms with Crippen LogP contribution in [-0.2, 0) is 6.61 Å². The molecular formula is C5H5BOS. The van der Waals surface area contributed by atoms with Crippen molar-refractivity contribution in [1.82, 2.24) is 0 Å². The van der Waals surface area contributed by atoms with Crippen LogP contribution in [0.5, 0.6) is 0 Å². The highest BCUT2D eigenvalue weighted by Gasteiger charge is 1.90. The lowest BCUT2D eigenvalue weighted by Crippen LogP contribution is -1.88. The summed E-state index contributed by atoms with van der Waals surface area (Å²) < 4.78 is 0.758. The van der Waals surface area contributed by atoms with Crippen LogP contribution >= 0.6 is 11.3 Å². The first-order valence-electron chi connectivity index (χ1n) is 2.28. The van der Waals surface area contributed by atoms with E-state index in [0.717, 1.165) is 9.65 Å². The summed E-state index contributed by atoms with van der Waals surface area (Å²) >= 11 is 1.42. The Hall–Kier alpha value is -0.275. The van der Waals surface area contributed by atoms with E-state index >= 15 is 0 Å². The number of hydrogen-bond acceptors (Lipinski definition) is 2. The standard InChI is InChI=1S/C5H5BOS/c6-5-2-1-4(3-7)8-5/h1-2,7H,3H2. The zero-order valence-corrected chi connectivity index (χ0v) is 5.11. The zero-order valence-electron chi connectivity index (χ0n) is 4.29. The first-order chi connectivity index (χ1) is 3.83. The molecule has 0 aliphatic rings. The monoisotopic (exact) mass is 124 g/mol. The van der Waals surface area contributed by atoms with E-state index in [-0.39, 0.29) is 6.61 Å².